The number of anilines is 1. The summed E-state index contributed by atoms with van der Waals surface area (Å²) in [7, 11) is 3.28. The van der Waals surface area contributed by atoms with Crippen LogP contribution in [0.5, 0.6) is 11.5 Å². The number of hydrogen-bond acceptors (Lipinski definition) is 6. The summed E-state index contributed by atoms with van der Waals surface area (Å²) < 4.78 is 10.7. The molecule has 0 saturated carbocycles. The zero-order valence-electron chi connectivity index (χ0n) is 18.5. The molecule has 0 saturated heterocycles. The maximum absolute atomic E-state index is 12.4. The van der Waals surface area contributed by atoms with Gasteiger partial charge in [0.1, 0.15) is 5.01 Å². The van der Waals surface area contributed by atoms with Crippen molar-refractivity contribution in [2.24, 2.45) is 0 Å². The summed E-state index contributed by atoms with van der Waals surface area (Å²) in [6, 6.07) is 13.7. The van der Waals surface area contributed by atoms with Crippen LogP contribution in [0.2, 0.25) is 0 Å². The number of aromatic nitrogens is 1. The van der Waals surface area contributed by atoms with Gasteiger partial charge in [-0.15, -0.1) is 11.3 Å². The molecule has 0 spiro atoms. The monoisotopic (exact) mass is 439 g/mol. The summed E-state index contributed by atoms with van der Waals surface area (Å²) in [6.45, 7) is 6.49. The van der Waals surface area contributed by atoms with Crippen molar-refractivity contribution in [1.82, 2.24) is 9.88 Å². The first-order valence-electron chi connectivity index (χ1n) is 10.2. The van der Waals surface area contributed by atoms with E-state index in [1.165, 1.54) is 11.3 Å². The highest BCUT2D eigenvalue weighted by molar-refractivity contribution is 7.09. The van der Waals surface area contributed by atoms with E-state index in [1.807, 2.05) is 54.8 Å². The quantitative estimate of drug-likeness (QED) is 0.497. The first kappa shape index (κ1) is 22.8. The number of carbonyl (C=O) groups is 1. The van der Waals surface area contributed by atoms with Crippen molar-refractivity contribution in [2.45, 2.75) is 33.4 Å². The van der Waals surface area contributed by atoms with Gasteiger partial charge in [0, 0.05) is 24.2 Å². The molecule has 2 aromatic carbocycles. The number of amides is 1. The lowest BCUT2D eigenvalue weighted by molar-refractivity contribution is -0.115. The number of aryl methyl sites for hydroxylation is 1. The molecule has 0 bridgehead atoms. The molecule has 0 unspecified atom stereocenters. The molecular weight excluding hydrogens is 410 g/mol. The maximum atomic E-state index is 12.4. The minimum atomic E-state index is -0.0483. The summed E-state index contributed by atoms with van der Waals surface area (Å²) in [5.74, 6) is 1.40. The molecule has 0 atom stereocenters. The minimum Gasteiger partial charge on any atom is -0.493 e. The Morgan fingerprint density at radius 3 is 2.58 bits per heavy atom. The second-order valence-electron chi connectivity index (χ2n) is 7.27. The molecule has 3 rings (SSSR count). The fourth-order valence-corrected chi connectivity index (χ4v) is 4.08. The number of hydrogen-bond donors (Lipinski definition) is 1. The van der Waals surface area contributed by atoms with Gasteiger partial charge in [-0.2, -0.15) is 0 Å². The number of nitrogens with one attached hydrogen (secondary N) is 1. The van der Waals surface area contributed by atoms with Crippen molar-refractivity contribution in [3.05, 3.63) is 69.7 Å². The Labute approximate surface area is 187 Å². The van der Waals surface area contributed by atoms with Crippen molar-refractivity contribution >= 4 is 22.9 Å². The minimum absolute atomic E-state index is 0.0483. The van der Waals surface area contributed by atoms with E-state index in [0.29, 0.717) is 0 Å². The van der Waals surface area contributed by atoms with Gasteiger partial charge in [0.15, 0.2) is 11.5 Å². The third-order valence-electron chi connectivity index (χ3n) is 5.02. The van der Waals surface area contributed by atoms with E-state index in [2.05, 4.69) is 22.1 Å². The van der Waals surface area contributed by atoms with Gasteiger partial charge < -0.3 is 14.8 Å². The van der Waals surface area contributed by atoms with Gasteiger partial charge in [-0.1, -0.05) is 31.2 Å². The number of nitrogens with zero attached hydrogens (tertiary/aromatic N) is 2. The highest BCUT2D eigenvalue weighted by Crippen LogP contribution is 2.28. The smallest absolute Gasteiger partial charge is 0.231 e. The SMILES string of the molecule is CCN(Cc1ccc(OC)c(OC)c1)Cc1csc(CC(=O)Nc2ccccc2C)n1. The Hall–Kier alpha value is -2.90. The van der Waals surface area contributed by atoms with Gasteiger partial charge in [0.25, 0.3) is 0 Å². The van der Waals surface area contributed by atoms with E-state index in [0.717, 1.165) is 58.6 Å². The Morgan fingerprint density at radius 1 is 1.10 bits per heavy atom. The number of benzene rings is 2. The number of thiazole rings is 1. The van der Waals surface area contributed by atoms with Crippen LogP contribution in [0.4, 0.5) is 5.69 Å². The van der Waals surface area contributed by atoms with E-state index < -0.39 is 0 Å². The van der Waals surface area contributed by atoms with E-state index in [-0.39, 0.29) is 12.3 Å². The highest BCUT2D eigenvalue weighted by atomic mass is 32.1. The number of para-hydroxylation sites is 1. The Bertz CT molecular complexity index is 1020. The molecule has 0 fully saturated rings. The van der Waals surface area contributed by atoms with Gasteiger partial charge in [0.05, 0.1) is 26.3 Å². The summed E-state index contributed by atoms with van der Waals surface area (Å²) in [4.78, 5) is 19.4. The molecule has 1 amide bonds. The third kappa shape index (κ3) is 6.29. The molecule has 1 aromatic heterocycles. The molecular formula is C24H29N3O3S. The molecule has 0 aliphatic heterocycles. The van der Waals surface area contributed by atoms with Crippen LogP contribution in [-0.2, 0) is 24.3 Å². The lowest BCUT2D eigenvalue weighted by Gasteiger charge is -2.20. The summed E-state index contributed by atoms with van der Waals surface area (Å²) in [6.07, 6.45) is 0.279. The van der Waals surface area contributed by atoms with Crippen molar-refractivity contribution in [3.63, 3.8) is 0 Å². The predicted molar refractivity (Wildman–Crippen MR) is 125 cm³/mol. The van der Waals surface area contributed by atoms with E-state index in [9.17, 15) is 4.79 Å². The first-order chi connectivity index (χ1) is 15.0. The number of carbonyl (C=O) groups excluding carboxylic acids is 1. The van der Waals surface area contributed by atoms with Gasteiger partial charge in [0.2, 0.25) is 5.91 Å². The fraction of sp³-hybridized carbons (Fsp3) is 0.333. The third-order valence-corrected chi connectivity index (χ3v) is 5.91. The number of rotatable bonds is 10. The normalized spacial score (nSPS) is 10.9. The van der Waals surface area contributed by atoms with Crippen LogP contribution in [-0.4, -0.2) is 36.6 Å². The van der Waals surface area contributed by atoms with Crippen LogP contribution in [0.15, 0.2) is 47.8 Å². The molecule has 3 aromatic rings. The standard InChI is InChI=1S/C24H29N3O3S/c1-5-27(14-18-10-11-21(29-3)22(12-18)30-4)15-19-16-31-24(25-19)13-23(28)26-20-9-7-6-8-17(20)2/h6-12,16H,5,13-15H2,1-4H3,(H,26,28). The largest absolute Gasteiger partial charge is 0.493 e. The fourth-order valence-electron chi connectivity index (χ4n) is 3.29. The van der Waals surface area contributed by atoms with Crippen LogP contribution in [0.1, 0.15) is 28.8 Å². The molecule has 1 N–H and O–H groups in total. The Kier molecular flexibility index (Phi) is 8.03. The number of methoxy groups -OCH3 is 2. The molecule has 0 aliphatic carbocycles. The second-order valence-corrected chi connectivity index (χ2v) is 8.21. The molecule has 0 radical (unpaired) electrons. The van der Waals surface area contributed by atoms with E-state index >= 15 is 0 Å². The molecule has 31 heavy (non-hydrogen) atoms. The lowest BCUT2D eigenvalue weighted by atomic mass is 10.2. The average Bonchev–Trinajstić information content (AvgIpc) is 3.21. The van der Waals surface area contributed by atoms with Gasteiger partial charge in [-0.25, -0.2) is 4.98 Å². The van der Waals surface area contributed by atoms with E-state index in [1.54, 1.807) is 14.2 Å². The molecule has 164 valence electrons. The van der Waals surface area contributed by atoms with Gasteiger partial charge in [-0.3, -0.25) is 9.69 Å². The van der Waals surface area contributed by atoms with Crippen molar-refractivity contribution in [1.29, 1.82) is 0 Å². The zero-order chi connectivity index (χ0) is 22.2. The van der Waals surface area contributed by atoms with Crippen LogP contribution in [0, 0.1) is 6.92 Å². The van der Waals surface area contributed by atoms with Crippen LogP contribution in [0.25, 0.3) is 0 Å². The molecule has 6 nitrogen and oxygen atoms in total. The van der Waals surface area contributed by atoms with E-state index in [4.69, 9.17) is 9.47 Å². The lowest BCUT2D eigenvalue weighted by Crippen LogP contribution is -2.22. The molecule has 7 heteroatoms. The van der Waals surface area contributed by atoms with Crippen molar-refractivity contribution in [3.8, 4) is 11.5 Å². The topological polar surface area (TPSA) is 63.7 Å². The molecule has 1 heterocycles. The summed E-state index contributed by atoms with van der Waals surface area (Å²) in [5, 5.41) is 5.83. The zero-order valence-corrected chi connectivity index (χ0v) is 19.3. The van der Waals surface area contributed by atoms with Gasteiger partial charge >= 0.3 is 0 Å². The highest BCUT2D eigenvalue weighted by Gasteiger charge is 2.13. The van der Waals surface area contributed by atoms with Crippen LogP contribution < -0.4 is 14.8 Å². The Morgan fingerprint density at radius 2 is 1.87 bits per heavy atom. The summed E-state index contributed by atoms with van der Waals surface area (Å²) >= 11 is 1.53. The van der Waals surface area contributed by atoms with Crippen molar-refractivity contribution < 1.29 is 14.3 Å². The molecule has 0 aliphatic rings. The second kappa shape index (κ2) is 10.9. The van der Waals surface area contributed by atoms with Crippen LogP contribution in [0.3, 0.4) is 0 Å². The summed E-state index contributed by atoms with van der Waals surface area (Å²) in [5.41, 5.74) is 4.01. The van der Waals surface area contributed by atoms with Crippen molar-refractivity contribution in [2.75, 3.05) is 26.1 Å². The first-order valence-corrected chi connectivity index (χ1v) is 11.1. The van der Waals surface area contributed by atoms with Gasteiger partial charge in [-0.05, 0) is 42.8 Å². The Balaban J connectivity index is 1.58. The van der Waals surface area contributed by atoms with Crippen LogP contribution >= 0.6 is 11.3 Å². The maximum Gasteiger partial charge on any atom is 0.231 e. The predicted octanol–water partition coefficient (Wildman–Crippen LogP) is 4.67. The average molecular weight is 440 g/mol. The number of ether oxygens (including phenoxy) is 2.